The monoisotopic (exact) mass is 414 g/mol. The van der Waals surface area contributed by atoms with Crippen LogP contribution in [0, 0.1) is 17.0 Å². The van der Waals surface area contributed by atoms with Crippen molar-refractivity contribution in [2.45, 2.75) is 45.6 Å². The van der Waals surface area contributed by atoms with Gasteiger partial charge in [-0.15, -0.1) is 0 Å². The number of fused-ring (bicyclic) bond motifs is 2. The fourth-order valence-electron chi connectivity index (χ4n) is 4.51. The van der Waals surface area contributed by atoms with Crippen molar-refractivity contribution < 1.29 is 18.3 Å². The Hall–Kier alpha value is -2.63. The molecule has 4 rings (SSSR count). The van der Waals surface area contributed by atoms with Crippen LogP contribution in [0.3, 0.4) is 0 Å². The van der Waals surface area contributed by atoms with Gasteiger partial charge in [-0.05, 0) is 18.4 Å². The Labute approximate surface area is 176 Å². The third-order valence-electron chi connectivity index (χ3n) is 6.20. The Morgan fingerprint density at radius 3 is 2.47 bits per heavy atom. The van der Waals surface area contributed by atoms with E-state index in [2.05, 4.69) is 5.32 Å². The van der Waals surface area contributed by atoms with Crippen molar-refractivity contribution in [3.05, 3.63) is 59.2 Å². The number of carbonyl (C=O) groups is 1. The molecule has 0 atom stereocenters. The summed E-state index contributed by atoms with van der Waals surface area (Å²) in [5, 5.41) is 3.27. The van der Waals surface area contributed by atoms with Crippen LogP contribution < -0.4 is 10.1 Å². The largest absolute Gasteiger partial charge is 0.487 e. The molecule has 2 aromatic rings. The van der Waals surface area contributed by atoms with Gasteiger partial charge in [0.05, 0.1) is 5.69 Å². The van der Waals surface area contributed by atoms with Crippen LogP contribution in [0.4, 0.5) is 14.5 Å². The molecule has 30 heavy (non-hydrogen) atoms. The standard InChI is InChI=1S/C24H28F2N2O2/c1-23(2,3)22(29)28-11-9-24(10-12-28)15-27-21-18(13-17(25)20(26)19(21)24)30-14-16-7-5-4-6-8-16/h4-8,13,27H,9-12,14-15H2,1-3H3. The molecule has 0 aromatic heterocycles. The van der Waals surface area contributed by atoms with Crippen LogP contribution in [-0.4, -0.2) is 30.4 Å². The number of nitrogens with one attached hydrogen (secondary N) is 1. The molecule has 1 N–H and O–H groups in total. The number of hydrogen-bond donors (Lipinski definition) is 1. The molecule has 2 aromatic carbocycles. The van der Waals surface area contributed by atoms with Crippen molar-refractivity contribution in [2.75, 3.05) is 25.0 Å². The van der Waals surface area contributed by atoms with E-state index in [0.717, 1.165) is 11.6 Å². The van der Waals surface area contributed by atoms with E-state index < -0.39 is 22.5 Å². The number of nitrogens with zero attached hydrogens (tertiary/aromatic N) is 1. The van der Waals surface area contributed by atoms with Crippen molar-refractivity contribution in [1.82, 2.24) is 4.90 Å². The van der Waals surface area contributed by atoms with Crippen molar-refractivity contribution in [3.63, 3.8) is 0 Å². The Balaban J connectivity index is 1.58. The zero-order valence-corrected chi connectivity index (χ0v) is 17.7. The van der Waals surface area contributed by atoms with Crippen molar-refractivity contribution >= 4 is 11.6 Å². The van der Waals surface area contributed by atoms with Gasteiger partial charge in [0.15, 0.2) is 11.6 Å². The average molecular weight is 414 g/mol. The molecule has 1 spiro atoms. The second kappa shape index (κ2) is 7.56. The SMILES string of the molecule is CC(C)(C)C(=O)N1CCC2(CC1)CNc1c(OCc3ccccc3)cc(F)c(F)c12. The van der Waals surface area contributed by atoms with Gasteiger partial charge >= 0.3 is 0 Å². The van der Waals surface area contributed by atoms with Crippen LogP contribution in [0.15, 0.2) is 36.4 Å². The first-order valence-electron chi connectivity index (χ1n) is 10.4. The molecule has 2 aliphatic heterocycles. The van der Waals surface area contributed by atoms with Crippen LogP contribution >= 0.6 is 0 Å². The Morgan fingerprint density at radius 2 is 1.83 bits per heavy atom. The minimum absolute atomic E-state index is 0.0927. The third-order valence-corrected chi connectivity index (χ3v) is 6.20. The lowest BCUT2D eigenvalue weighted by atomic mass is 9.73. The Morgan fingerprint density at radius 1 is 1.17 bits per heavy atom. The number of ether oxygens (including phenoxy) is 1. The molecule has 1 fully saturated rings. The predicted octanol–water partition coefficient (Wildman–Crippen LogP) is 4.88. The van der Waals surface area contributed by atoms with E-state index >= 15 is 0 Å². The summed E-state index contributed by atoms with van der Waals surface area (Å²) in [5.41, 5.74) is 0.888. The van der Waals surface area contributed by atoms with Gasteiger partial charge in [0, 0.05) is 42.1 Å². The maximum atomic E-state index is 15.0. The van der Waals surface area contributed by atoms with Gasteiger partial charge in [0.25, 0.3) is 0 Å². The second-order valence-electron chi connectivity index (χ2n) is 9.37. The molecular weight excluding hydrogens is 386 g/mol. The van der Waals surface area contributed by atoms with E-state index in [1.807, 2.05) is 56.0 Å². The molecular formula is C24H28F2N2O2. The summed E-state index contributed by atoms with van der Waals surface area (Å²) in [6, 6.07) is 10.7. The van der Waals surface area contributed by atoms with Gasteiger partial charge in [-0.25, -0.2) is 8.78 Å². The van der Waals surface area contributed by atoms with E-state index in [1.165, 1.54) is 0 Å². The average Bonchev–Trinajstić information content (AvgIpc) is 3.09. The zero-order chi connectivity index (χ0) is 21.5. The molecule has 6 heteroatoms. The summed E-state index contributed by atoms with van der Waals surface area (Å²) in [7, 11) is 0. The summed E-state index contributed by atoms with van der Waals surface area (Å²) < 4.78 is 35.4. The lowest BCUT2D eigenvalue weighted by Crippen LogP contribution is -2.49. The number of halogens is 2. The van der Waals surface area contributed by atoms with Crippen molar-refractivity contribution in [1.29, 1.82) is 0 Å². The highest BCUT2D eigenvalue weighted by molar-refractivity contribution is 5.81. The molecule has 0 aliphatic carbocycles. The third kappa shape index (κ3) is 3.64. The van der Waals surface area contributed by atoms with Gasteiger partial charge in [0.2, 0.25) is 5.91 Å². The molecule has 4 nitrogen and oxygen atoms in total. The molecule has 2 heterocycles. The lowest BCUT2D eigenvalue weighted by molar-refractivity contribution is -0.141. The minimum Gasteiger partial charge on any atom is -0.487 e. The summed E-state index contributed by atoms with van der Waals surface area (Å²) in [6.45, 7) is 7.57. The molecule has 160 valence electrons. The molecule has 0 unspecified atom stereocenters. The second-order valence-corrected chi connectivity index (χ2v) is 9.37. The quantitative estimate of drug-likeness (QED) is 0.779. The maximum Gasteiger partial charge on any atom is 0.227 e. The highest BCUT2D eigenvalue weighted by Crippen LogP contribution is 2.50. The minimum atomic E-state index is -0.895. The van der Waals surface area contributed by atoms with E-state index in [1.54, 1.807) is 0 Å². The topological polar surface area (TPSA) is 41.6 Å². The number of piperidine rings is 1. The first-order chi connectivity index (χ1) is 14.2. The van der Waals surface area contributed by atoms with E-state index in [4.69, 9.17) is 4.74 Å². The molecule has 1 saturated heterocycles. The number of anilines is 1. The van der Waals surface area contributed by atoms with Gasteiger partial charge in [-0.3, -0.25) is 4.79 Å². The zero-order valence-electron chi connectivity index (χ0n) is 17.7. The molecule has 1 amide bonds. The number of carbonyl (C=O) groups excluding carboxylic acids is 1. The summed E-state index contributed by atoms with van der Waals surface area (Å²) >= 11 is 0. The lowest BCUT2D eigenvalue weighted by Gasteiger charge is -2.41. The Kier molecular flexibility index (Phi) is 5.20. The first kappa shape index (κ1) is 20.6. The number of rotatable bonds is 3. The number of benzene rings is 2. The molecule has 2 aliphatic rings. The summed E-state index contributed by atoms with van der Waals surface area (Å²) in [4.78, 5) is 14.5. The normalized spacial score (nSPS) is 17.6. The number of likely N-dealkylation sites (tertiary alicyclic amines) is 1. The van der Waals surface area contributed by atoms with Gasteiger partial charge < -0.3 is 15.0 Å². The summed E-state index contributed by atoms with van der Waals surface area (Å²) in [5.74, 6) is -1.28. The van der Waals surface area contributed by atoms with Crippen LogP contribution in [0.5, 0.6) is 5.75 Å². The van der Waals surface area contributed by atoms with E-state index in [9.17, 15) is 13.6 Å². The van der Waals surface area contributed by atoms with Gasteiger partial charge in [0.1, 0.15) is 12.4 Å². The van der Waals surface area contributed by atoms with Crippen LogP contribution in [-0.2, 0) is 16.8 Å². The van der Waals surface area contributed by atoms with Crippen molar-refractivity contribution in [2.24, 2.45) is 5.41 Å². The molecule has 0 radical (unpaired) electrons. The van der Waals surface area contributed by atoms with Crippen LogP contribution in [0.1, 0.15) is 44.7 Å². The van der Waals surface area contributed by atoms with Gasteiger partial charge in [-0.1, -0.05) is 51.1 Å². The predicted molar refractivity (Wildman–Crippen MR) is 113 cm³/mol. The van der Waals surface area contributed by atoms with E-state index in [-0.39, 0.29) is 12.5 Å². The molecule has 0 bridgehead atoms. The smallest absolute Gasteiger partial charge is 0.227 e. The Bertz CT molecular complexity index is 946. The van der Waals surface area contributed by atoms with Gasteiger partial charge in [-0.2, -0.15) is 0 Å². The highest BCUT2D eigenvalue weighted by atomic mass is 19.2. The highest BCUT2D eigenvalue weighted by Gasteiger charge is 2.47. The number of hydrogen-bond acceptors (Lipinski definition) is 3. The number of amides is 1. The van der Waals surface area contributed by atoms with Crippen LogP contribution in [0.25, 0.3) is 0 Å². The van der Waals surface area contributed by atoms with E-state index in [0.29, 0.717) is 49.5 Å². The maximum absolute atomic E-state index is 15.0. The first-order valence-corrected chi connectivity index (χ1v) is 10.4. The fourth-order valence-corrected chi connectivity index (χ4v) is 4.51. The molecule has 0 saturated carbocycles. The van der Waals surface area contributed by atoms with Crippen LogP contribution in [0.2, 0.25) is 0 Å². The fraction of sp³-hybridized carbons (Fsp3) is 0.458. The summed E-state index contributed by atoms with van der Waals surface area (Å²) in [6.07, 6.45) is 1.18. The van der Waals surface area contributed by atoms with Crippen molar-refractivity contribution in [3.8, 4) is 5.75 Å².